The number of aromatic amines is 1. The van der Waals surface area contributed by atoms with E-state index in [2.05, 4.69) is 22.2 Å². The van der Waals surface area contributed by atoms with Gasteiger partial charge in [0.05, 0.1) is 16.7 Å². The van der Waals surface area contributed by atoms with Gasteiger partial charge in [0.25, 0.3) is 11.5 Å². The summed E-state index contributed by atoms with van der Waals surface area (Å²) in [5, 5.41) is 4.55. The molecule has 168 valence electrons. The van der Waals surface area contributed by atoms with Crippen molar-refractivity contribution in [1.29, 1.82) is 0 Å². The summed E-state index contributed by atoms with van der Waals surface area (Å²) in [5.74, 6) is -0.117. The molecule has 0 spiro atoms. The van der Waals surface area contributed by atoms with Crippen LogP contribution in [0.25, 0.3) is 10.2 Å². The normalized spacial score (nSPS) is 17.7. The number of H-pyrrole nitrogens is 1. The second kappa shape index (κ2) is 8.64. The highest BCUT2D eigenvalue weighted by Gasteiger charge is 2.27. The molecule has 0 fully saturated rings. The minimum Gasteiger partial charge on any atom is -0.365 e. The van der Waals surface area contributed by atoms with Gasteiger partial charge in [-0.2, -0.15) is 0 Å². The van der Waals surface area contributed by atoms with E-state index in [1.165, 1.54) is 28.0 Å². The predicted octanol–water partition coefficient (Wildman–Crippen LogP) is 3.88. The van der Waals surface area contributed by atoms with E-state index in [0.717, 1.165) is 65.8 Å². The van der Waals surface area contributed by atoms with Gasteiger partial charge in [0.2, 0.25) is 5.91 Å². The Kier molecular flexibility index (Phi) is 5.85. The van der Waals surface area contributed by atoms with E-state index < -0.39 is 5.91 Å². The Bertz CT molecular complexity index is 1290. The number of thioether (sulfide) groups is 1. The van der Waals surface area contributed by atoms with Crippen LogP contribution in [0.1, 0.15) is 57.4 Å². The van der Waals surface area contributed by atoms with Gasteiger partial charge in [0.1, 0.15) is 9.83 Å². The zero-order chi connectivity index (χ0) is 22.4. The number of nitrogens with two attached hydrogens (primary N) is 1. The maximum absolute atomic E-state index is 12.7. The van der Waals surface area contributed by atoms with Crippen LogP contribution >= 0.6 is 34.4 Å². The van der Waals surface area contributed by atoms with E-state index >= 15 is 0 Å². The third-order valence-corrected chi connectivity index (χ3v) is 9.38. The van der Waals surface area contributed by atoms with Crippen molar-refractivity contribution in [3.05, 3.63) is 36.8 Å². The van der Waals surface area contributed by atoms with Crippen molar-refractivity contribution in [3.63, 3.8) is 0 Å². The summed E-state index contributed by atoms with van der Waals surface area (Å²) in [4.78, 5) is 48.0. The van der Waals surface area contributed by atoms with E-state index in [0.29, 0.717) is 27.0 Å². The Hall–Kier alpha value is -2.17. The quantitative estimate of drug-likeness (QED) is 0.372. The maximum atomic E-state index is 12.7. The van der Waals surface area contributed by atoms with E-state index in [1.54, 1.807) is 11.3 Å². The van der Waals surface area contributed by atoms with Gasteiger partial charge in [0.15, 0.2) is 5.16 Å². The number of thiophene rings is 2. The number of carbonyl (C=O) groups excluding carboxylic acids is 2. The predicted molar refractivity (Wildman–Crippen MR) is 130 cm³/mol. The molecule has 0 aromatic carbocycles. The molecule has 0 aliphatic heterocycles. The molecule has 0 unspecified atom stereocenters. The molecule has 2 aliphatic carbocycles. The molecule has 0 saturated heterocycles. The van der Waals surface area contributed by atoms with Crippen molar-refractivity contribution < 1.29 is 9.59 Å². The number of fused-ring (bicyclic) bond motifs is 4. The highest BCUT2D eigenvalue weighted by atomic mass is 32.2. The van der Waals surface area contributed by atoms with Crippen LogP contribution in [-0.4, -0.2) is 27.5 Å². The van der Waals surface area contributed by atoms with E-state index in [4.69, 9.17) is 5.73 Å². The van der Waals surface area contributed by atoms with Crippen LogP contribution in [-0.2, 0) is 30.5 Å². The number of aromatic nitrogens is 2. The number of rotatable bonds is 5. The minimum atomic E-state index is -0.502. The van der Waals surface area contributed by atoms with Gasteiger partial charge in [0, 0.05) is 9.75 Å². The summed E-state index contributed by atoms with van der Waals surface area (Å²) in [5.41, 5.74) is 8.09. The lowest BCUT2D eigenvalue weighted by Gasteiger charge is -2.18. The fourth-order valence-electron chi connectivity index (χ4n) is 4.61. The van der Waals surface area contributed by atoms with Gasteiger partial charge in [-0.05, 0) is 62.0 Å². The van der Waals surface area contributed by atoms with E-state index in [-0.39, 0.29) is 17.2 Å². The van der Waals surface area contributed by atoms with Crippen LogP contribution in [0.4, 0.5) is 5.00 Å². The molecule has 2 amide bonds. The first-order chi connectivity index (χ1) is 15.4. The molecule has 32 heavy (non-hydrogen) atoms. The summed E-state index contributed by atoms with van der Waals surface area (Å²) >= 11 is 4.23. The fraction of sp³-hybridized carbons (Fsp3) is 0.455. The Morgan fingerprint density at radius 3 is 2.81 bits per heavy atom. The molecule has 1 atom stereocenters. The highest BCUT2D eigenvalue weighted by Crippen LogP contribution is 2.39. The Labute approximate surface area is 197 Å². The van der Waals surface area contributed by atoms with Gasteiger partial charge in [-0.25, -0.2) is 4.98 Å². The first kappa shape index (κ1) is 21.7. The van der Waals surface area contributed by atoms with Crippen molar-refractivity contribution in [3.8, 4) is 0 Å². The number of hydrogen-bond donors (Lipinski definition) is 3. The minimum absolute atomic E-state index is 0.0801. The van der Waals surface area contributed by atoms with Crippen molar-refractivity contribution in [2.45, 2.75) is 57.0 Å². The molecule has 0 radical (unpaired) electrons. The Morgan fingerprint density at radius 1 is 1.19 bits per heavy atom. The smallest absolute Gasteiger partial charge is 0.260 e. The molecule has 4 N–H and O–H groups in total. The first-order valence-electron chi connectivity index (χ1n) is 10.8. The van der Waals surface area contributed by atoms with Crippen molar-refractivity contribution in [1.82, 2.24) is 9.97 Å². The number of amides is 2. The number of primary amides is 1. The molecular formula is C22H24N4O3S3. The molecule has 3 aromatic rings. The van der Waals surface area contributed by atoms with Gasteiger partial charge in [-0.3, -0.25) is 14.4 Å². The van der Waals surface area contributed by atoms with Crippen molar-refractivity contribution >= 4 is 61.5 Å². The molecule has 10 heteroatoms. The second-order valence-corrected chi connectivity index (χ2v) is 11.7. The van der Waals surface area contributed by atoms with E-state index in [9.17, 15) is 14.4 Å². The van der Waals surface area contributed by atoms with Crippen LogP contribution < -0.4 is 16.6 Å². The van der Waals surface area contributed by atoms with Gasteiger partial charge in [-0.1, -0.05) is 18.7 Å². The summed E-state index contributed by atoms with van der Waals surface area (Å²) in [6, 6.07) is 0. The number of nitrogens with one attached hydrogen (secondary N) is 2. The Balaban J connectivity index is 1.32. The maximum Gasteiger partial charge on any atom is 0.260 e. The fourth-order valence-corrected chi connectivity index (χ4v) is 8.02. The number of aryl methyl sites for hydroxylation is 2. The monoisotopic (exact) mass is 488 g/mol. The molecule has 0 bridgehead atoms. The molecule has 2 aliphatic rings. The number of hydrogen-bond acceptors (Lipinski definition) is 7. The lowest BCUT2D eigenvalue weighted by molar-refractivity contribution is -0.113. The van der Waals surface area contributed by atoms with Gasteiger partial charge in [-0.15, -0.1) is 22.7 Å². The van der Waals surface area contributed by atoms with Gasteiger partial charge >= 0.3 is 0 Å². The lowest BCUT2D eigenvalue weighted by Crippen LogP contribution is -2.20. The second-order valence-electron chi connectivity index (χ2n) is 8.52. The molecule has 7 nitrogen and oxygen atoms in total. The molecule has 3 aromatic heterocycles. The topological polar surface area (TPSA) is 118 Å². The average Bonchev–Trinajstić information content (AvgIpc) is 3.29. The Morgan fingerprint density at radius 2 is 2.00 bits per heavy atom. The molecule has 0 saturated carbocycles. The van der Waals surface area contributed by atoms with Crippen molar-refractivity contribution in [2.24, 2.45) is 11.7 Å². The highest BCUT2D eigenvalue weighted by molar-refractivity contribution is 7.99. The SMILES string of the molecule is C[C@@H]1CCc2c(sc(NC(=O)CSc3nc4sc5c(c4c(=O)[nH]3)CCCC5)c2C(N)=O)C1. The molecule has 3 heterocycles. The van der Waals surface area contributed by atoms with Crippen molar-refractivity contribution in [2.75, 3.05) is 11.1 Å². The van der Waals surface area contributed by atoms with Crippen LogP contribution in [0.3, 0.4) is 0 Å². The third-order valence-electron chi connectivity index (χ3n) is 6.15. The summed E-state index contributed by atoms with van der Waals surface area (Å²) in [6.07, 6.45) is 6.92. The summed E-state index contributed by atoms with van der Waals surface area (Å²) in [7, 11) is 0. The molecular weight excluding hydrogens is 464 g/mol. The molecule has 5 rings (SSSR count). The first-order valence-corrected chi connectivity index (χ1v) is 13.4. The average molecular weight is 489 g/mol. The van der Waals surface area contributed by atoms with E-state index in [1.807, 2.05) is 0 Å². The van der Waals surface area contributed by atoms with Crippen LogP contribution in [0, 0.1) is 5.92 Å². The standard InChI is InChI=1S/C22H24N4O3S3/c1-10-6-7-12-14(8-10)32-20(16(12)18(23)28)24-15(27)9-30-22-25-19(29)17-11-4-2-3-5-13(11)31-21(17)26-22/h10H,2-9H2,1H3,(H2,23,28)(H,24,27)(H,25,26,29)/t10-/m1/s1. The number of carbonyl (C=O) groups is 2. The number of nitrogens with zero attached hydrogens (tertiary/aromatic N) is 1. The van der Waals surface area contributed by atoms with Crippen LogP contribution in [0.2, 0.25) is 0 Å². The summed E-state index contributed by atoms with van der Waals surface area (Å²) in [6.45, 7) is 2.19. The summed E-state index contributed by atoms with van der Waals surface area (Å²) < 4.78 is 0. The zero-order valence-corrected chi connectivity index (χ0v) is 20.2. The number of anilines is 1. The third kappa shape index (κ3) is 3.99. The lowest BCUT2D eigenvalue weighted by atomic mass is 9.88. The van der Waals surface area contributed by atoms with Gasteiger partial charge < -0.3 is 16.0 Å². The zero-order valence-electron chi connectivity index (χ0n) is 17.7. The largest absolute Gasteiger partial charge is 0.365 e. The van der Waals surface area contributed by atoms with Crippen LogP contribution in [0.5, 0.6) is 0 Å². The van der Waals surface area contributed by atoms with Crippen LogP contribution in [0.15, 0.2) is 9.95 Å².